The Morgan fingerprint density at radius 2 is 1.69 bits per heavy atom. The number of carbonyl (C=O) groups is 1. The molecule has 3 aromatic rings. The number of benzene rings is 2. The summed E-state index contributed by atoms with van der Waals surface area (Å²) in [6.07, 6.45) is 0.409. The minimum atomic E-state index is -0.873. The van der Waals surface area contributed by atoms with Crippen LogP contribution >= 0.6 is 11.6 Å². The predicted octanol–water partition coefficient (Wildman–Crippen LogP) is 4.27. The molecule has 26 heavy (non-hydrogen) atoms. The quantitative estimate of drug-likeness (QED) is 0.735. The molecule has 5 nitrogen and oxygen atoms in total. The van der Waals surface area contributed by atoms with Gasteiger partial charge in [-0.25, -0.2) is 9.48 Å². The fraction of sp³-hybridized carbons (Fsp3) is 0.200. The number of aromatic nitrogens is 2. The molecule has 6 heteroatoms. The molecule has 1 amide bonds. The van der Waals surface area contributed by atoms with Gasteiger partial charge in [-0.2, -0.15) is 5.10 Å². The predicted molar refractivity (Wildman–Crippen MR) is 101 cm³/mol. The second-order valence-electron chi connectivity index (χ2n) is 6.30. The molecule has 2 heterocycles. The van der Waals surface area contributed by atoms with Crippen LogP contribution in [0.4, 0.5) is 4.79 Å². The number of hydrogen-bond donors (Lipinski definition) is 1. The molecule has 2 aromatic carbocycles. The monoisotopic (exact) mass is 367 g/mol. The molecule has 0 saturated carbocycles. The highest BCUT2D eigenvalue weighted by molar-refractivity contribution is 6.30. The van der Waals surface area contributed by atoms with Gasteiger partial charge in [-0.1, -0.05) is 41.9 Å². The molecule has 0 unspecified atom stereocenters. The average molecular weight is 368 g/mol. The maximum atomic E-state index is 11.4. The van der Waals surface area contributed by atoms with E-state index in [4.69, 9.17) is 16.7 Å². The van der Waals surface area contributed by atoms with Crippen LogP contribution in [0, 0.1) is 0 Å². The molecule has 0 spiro atoms. The number of carboxylic acid groups (broad SMARTS) is 1. The highest BCUT2D eigenvalue weighted by atomic mass is 35.5. The summed E-state index contributed by atoms with van der Waals surface area (Å²) in [5.74, 6) is 0. The third-order valence-corrected chi connectivity index (χ3v) is 4.98. The molecule has 0 aliphatic carbocycles. The summed E-state index contributed by atoms with van der Waals surface area (Å²) in [6, 6.07) is 17.6. The highest BCUT2D eigenvalue weighted by Crippen LogP contribution is 2.31. The van der Waals surface area contributed by atoms with Gasteiger partial charge in [0, 0.05) is 41.4 Å². The van der Waals surface area contributed by atoms with Crippen LogP contribution in [-0.2, 0) is 12.8 Å². The van der Waals surface area contributed by atoms with Gasteiger partial charge in [0.2, 0.25) is 0 Å². The van der Waals surface area contributed by atoms with Crippen molar-refractivity contribution in [2.75, 3.05) is 13.1 Å². The van der Waals surface area contributed by atoms with Crippen molar-refractivity contribution in [1.29, 1.82) is 0 Å². The molecular formula is C20H18ClN3O2. The van der Waals surface area contributed by atoms with Crippen LogP contribution in [0.15, 0.2) is 54.6 Å². The molecule has 4 rings (SSSR count). The first kappa shape index (κ1) is 16.7. The zero-order valence-electron chi connectivity index (χ0n) is 14.1. The van der Waals surface area contributed by atoms with Gasteiger partial charge < -0.3 is 10.0 Å². The lowest BCUT2D eigenvalue weighted by Gasteiger charge is -2.16. The molecular weight excluding hydrogens is 350 g/mol. The summed E-state index contributed by atoms with van der Waals surface area (Å²) in [5, 5.41) is 14.9. The Bertz CT molecular complexity index is 936. The Kier molecular flexibility index (Phi) is 4.39. The summed E-state index contributed by atoms with van der Waals surface area (Å²) in [6.45, 7) is 0.949. The molecule has 1 aliphatic heterocycles. The lowest BCUT2D eigenvalue weighted by molar-refractivity contribution is 0.147. The first-order valence-corrected chi connectivity index (χ1v) is 8.91. The summed E-state index contributed by atoms with van der Waals surface area (Å²) in [4.78, 5) is 12.9. The Labute approximate surface area is 156 Å². The van der Waals surface area contributed by atoms with Crippen LogP contribution in [0.2, 0.25) is 5.02 Å². The summed E-state index contributed by atoms with van der Waals surface area (Å²) in [7, 11) is 0. The molecule has 1 N–H and O–H groups in total. The Balaban J connectivity index is 1.84. The van der Waals surface area contributed by atoms with Crippen molar-refractivity contribution in [3.8, 4) is 16.9 Å². The third-order valence-electron chi connectivity index (χ3n) is 4.73. The van der Waals surface area contributed by atoms with Crippen molar-refractivity contribution in [1.82, 2.24) is 14.7 Å². The Morgan fingerprint density at radius 1 is 1.00 bits per heavy atom. The number of nitrogens with zero attached hydrogens (tertiary/aromatic N) is 3. The van der Waals surface area contributed by atoms with Crippen molar-refractivity contribution in [2.45, 2.75) is 12.8 Å². The van der Waals surface area contributed by atoms with Gasteiger partial charge in [-0.15, -0.1) is 0 Å². The van der Waals surface area contributed by atoms with E-state index in [1.165, 1.54) is 4.90 Å². The SMILES string of the molecule is O=C(O)N1CCc2c(-c3ccc(Cl)cc3)nn(-c3ccccc3)c2CC1. The van der Waals surface area contributed by atoms with E-state index >= 15 is 0 Å². The van der Waals surface area contributed by atoms with Crippen molar-refractivity contribution >= 4 is 17.7 Å². The van der Waals surface area contributed by atoms with E-state index in [9.17, 15) is 9.90 Å². The normalized spacial score (nSPS) is 14.0. The zero-order chi connectivity index (χ0) is 18.1. The minimum absolute atomic E-state index is 0.473. The van der Waals surface area contributed by atoms with E-state index in [0.29, 0.717) is 31.0 Å². The van der Waals surface area contributed by atoms with E-state index in [2.05, 4.69) is 0 Å². The second-order valence-corrected chi connectivity index (χ2v) is 6.73. The fourth-order valence-electron chi connectivity index (χ4n) is 3.42. The van der Waals surface area contributed by atoms with Crippen molar-refractivity contribution in [3.63, 3.8) is 0 Å². The number of halogens is 1. The Morgan fingerprint density at radius 3 is 2.38 bits per heavy atom. The fourth-order valence-corrected chi connectivity index (χ4v) is 3.54. The first-order valence-electron chi connectivity index (χ1n) is 8.53. The second kappa shape index (κ2) is 6.84. The Hall–Kier alpha value is -2.79. The number of para-hydroxylation sites is 1. The van der Waals surface area contributed by atoms with E-state index in [0.717, 1.165) is 28.2 Å². The van der Waals surface area contributed by atoms with Gasteiger partial charge in [0.25, 0.3) is 0 Å². The molecule has 0 saturated heterocycles. The third kappa shape index (κ3) is 3.06. The standard InChI is InChI=1S/C20H18ClN3O2/c21-15-8-6-14(7-9-15)19-17-10-12-23(20(25)26)13-11-18(17)24(22-19)16-4-2-1-3-5-16/h1-9H,10-13H2,(H,25,26). The van der Waals surface area contributed by atoms with Crippen molar-refractivity contribution in [2.24, 2.45) is 0 Å². The smallest absolute Gasteiger partial charge is 0.407 e. The van der Waals surface area contributed by atoms with E-state index in [1.807, 2.05) is 59.3 Å². The molecule has 1 aliphatic rings. The highest BCUT2D eigenvalue weighted by Gasteiger charge is 2.25. The van der Waals surface area contributed by atoms with Gasteiger partial charge in [0.05, 0.1) is 11.4 Å². The van der Waals surface area contributed by atoms with E-state index in [1.54, 1.807) is 0 Å². The van der Waals surface area contributed by atoms with Gasteiger partial charge in [0.15, 0.2) is 0 Å². The lowest BCUT2D eigenvalue weighted by atomic mass is 10.0. The molecule has 0 radical (unpaired) electrons. The van der Waals surface area contributed by atoms with E-state index < -0.39 is 6.09 Å². The van der Waals surface area contributed by atoms with Crippen LogP contribution < -0.4 is 0 Å². The van der Waals surface area contributed by atoms with Crippen LogP contribution in [0.25, 0.3) is 16.9 Å². The van der Waals surface area contributed by atoms with Gasteiger partial charge >= 0.3 is 6.09 Å². The summed E-state index contributed by atoms with van der Waals surface area (Å²) >= 11 is 6.03. The van der Waals surface area contributed by atoms with Gasteiger partial charge in [-0.3, -0.25) is 0 Å². The van der Waals surface area contributed by atoms with Crippen LogP contribution in [-0.4, -0.2) is 39.0 Å². The molecule has 1 aromatic heterocycles. The summed E-state index contributed by atoms with van der Waals surface area (Å²) < 4.78 is 1.95. The van der Waals surface area contributed by atoms with Crippen LogP contribution in [0.5, 0.6) is 0 Å². The van der Waals surface area contributed by atoms with Crippen LogP contribution in [0.1, 0.15) is 11.3 Å². The minimum Gasteiger partial charge on any atom is -0.465 e. The number of amides is 1. The van der Waals surface area contributed by atoms with Gasteiger partial charge in [0.1, 0.15) is 0 Å². The molecule has 0 atom stereocenters. The first-order chi connectivity index (χ1) is 12.6. The maximum Gasteiger partial charge on any atom is 0.407 e. The number of rotatable bonds is 2. The lowest BCUT2D eigenvalue weighted by Crippen LogP contribution is -2.31. The van der Waals surface area contributed by atoms with Gasteiger partial charge in [-0.05, 0) is 30.7 Å². The van der Waals surface area contributed by atoms with E-state index in [-0.39, 0.29) is 0 Å². The number of hydrogen-bond acceptors (Lipinski definition) is 2. The molecule has 0 fully saturated rings. The molecule has 132 valence electrons. The maximum absolute atomic E-state index is 11.4. The zero-order valence-corrected chi connectivity index (χ0v) is 14.9. The topological polar surface area (TPSA) is 58.4 Å². The number of fused-ring (bicyclic) bond motifs is 1. The van der Waals surface area contributed by atoms with Crippen LogP contribution in [0.3, 0.4) is 0 Å². The average Bonchev–Trinajstić information content (AvgIpc) is 2.87. The molecule has 0 bridgehead atoms. The van der Waals surface area contributed by atoms with Crippen molar-refractivity contribution < 1.29 is 9.90 Å². The summed E-state index contributed by atoms with van der Waals surface area (Å²) in [5.41, 5.74) is 5.05. The van der Waals surface area contributed by atoms with Crippen molar-refractivity contribution in [3.05, 3.63) is 70.9 Å². The largest absolute Gasteiger partial charge is 0.465 e.